The largest absolute Gasteiger partial charge is 0.472 e. The van der Waals surface area contributed by atoms with E-state index in [1.807, 2.05) is 51.1 Å². The molecule has 6 rings (SSSR count). The molecule has 5 atom stereocenters. The fourth-order valence-electron chi connectivity index (χ4n) is 7.01. The molecule has 2 aliphatic heterocycles. The number of hydrogen-bond donors (Lipinski definition) is 2. The lowest BCUT2D eigenvalue weighted by atomic mass is 9.76. The van der Waals surface area contributed by atoms with Crippen molar-refractivity contribution in [3.8, 4) is 5.88 Å². The lowest BCUT2D eigenvalue weighted by molar-refractivity contribution is -0.146. The minimum Gasteiger partial charge on any atom is -0.472 e. The summed E-state index contributed by atoms with van der Waals surface area (Å²) in [7, 11) is -3.86. The van der Waals surface area contributed by atoms with Crippen LogP contribution in [-0.4, -0.2) is 71.3 Å². The first kappa shape index (κ1) is 34.8. The highest BCUT2D eigenvalue weighted by Gasteiger charge is 2.62. The number of ether oxygens (including phenoxy) is 1. The number of rotatable bonds is 6. The molecule has 1 aromatic heterocycles. The fourth-order valence-corrected chi connectivity index (χ4v) is 8.37. The molecule has 262 valence electrons. The van der Waals surface area contributed by atoms with Crippen molar-refractivity contribution in [1.82, 2.24) is 19.9 Å². The van der Waals surface area contributed by atoms with Gasteiger partial charge in [-0.3, -0.25) is 23.9 Å². The van der Waals surface area contributed by atoms with E-state index in [4.69, 9.17) is 4.74 Å². The zero-order chi connectivity index (χ0) is 35.1. The van der Waals surface area contributed by atoms with Crippen molar-refractivity contribution in [2.75, 3.05) is 6.54 Å². The Balaban J connectivity index is 1.33. The van der Waals surface area contributed by atoms with Gasteiger partial charge in [-0.05, 0) is 67.0 Å². The van der Waals surface area contributed by atoms with Crippen LogP contribution < -0.4 is 14.8 Å². The highest BCUT2D eigenvalue weighted by Crippen LogP contribution is 2.46. The van der Waals surface area contributed by atoms with Crippen LogP contribution in [0.3, 0.4) is 0 Å². The lowest BCUT2D eigenvalue weighted by Gasteiger charge is -2.35. The second kappa shape index (κ2) is 13.3. The number of fused-ring (bicyclic) bond motifs is 3. The Bertz CT molecular complexity index is 1810. The topological polar surface area (TPSA) is 152 Å². The molecule has 2 aromatic rings. The maximum Gasteiger partial charge on any atom is 0.259 e. The molecule has 2 N–H and O–H groups in total. The molecular formula is C37H46N4O7S. The fraction of sp³-hybridized carbons (Fsp3) is 0.541. The van der Waals surface area contributed by atoms with Crippen molar-refractivity contribution in [3.05, 3.63) is 54.8 Å². The number of nitrogens with zero attached hydrogens (tertiary/aromatic N) is 2. The lowest BCUT2D eigenvalue weighted by Crippen LogP contribution is -2.57. The molecule has 0 unspecified atom stereocenters. The van der Waals surface area contributed by atoms with Gasteiger partial charge in [0.1, 0.15) is 23.5 Å². The third-order valence-corrected chi connectivity index (χ3v) is 12.1. The third kappa shape index (κ3) is 7.44. The van der Waals surface area contributed by atoms with E-state index in [9.17, 15) is 27.6 Å². The number of Topliss-reactive ketones (excluding diaryl/α,β-unsaturated/α-hetero) is 1. The average Bonchev–Trinajstić information content (AvgIpc) is 3.97. The number of aromatic nitrogens is 1. The number of allylic oxidation sites excluding steroid dienone is 1. The van der Waals surface area contributed by atoms with Crippen LogP contribution >= 0.6 is 0 Å². The summed E-state index contributed by atoms with van der Waals surface area (Å²) in [6.07, 6.45) is 10.7. The van der Waals surface area contributed by atoms with Gasteiger partial charge in [0.25, 0.3) is 5.91 Å². The highest BCUT2D eigenvalue weighted by molar-refractivity contribution is 7.91. The maximum atomic E-state index is 14.5. The number of ketones is 1. The first-order valence-corrected chi connectivity index (χ1v) is 18.8. The van der Waals surface area contributed by atoms with Gasteiger partial charge in [0, 0.05) is 42.7 Å². The number of nitrogens with one attached hydrogen (secondary N) is 2. The van der Waals surface area contributed by atoms with Crippen LogP contribution in [0.1, 0.15) is 84.1 Å². The molecule has 3 heterocycles. The van der Waals surface area contributed by atoms with Crippen LogP contribution in [0.2, 0.25) is 0 Å². The number of hydrogen-bond acceptors (Lipinski definition) is 8. The molecule has 49 heavy (non-hydrogen) atoms. The van der Waals surface area contributed by atoms with E-state index in [0.717, 1.165) is 29.2 Å². The van der Waals surface area contributed by atoms with Crippen molar-refractivity contribution >= 4 is 50.4 Å². The first-order valence-electron chi connectivity index (χ1n) is 17.3. The molecule has 2 saturated carbocycles. The van der Waals surface area contributed by atoms with Gasteiger partial charge >= 0.3 is 0 Å². The molecule has 0 spiro atoms. The summed E-state index contributed by atoms with van der Waals surface area (Å²) in [4.78, 5) is 61.4. The number of pyridine rings is 1. The molecule has 4 bridgehead atoms. The van der Waals surface area contributed by atoms with Gasteiger partial charge in [0.05, 0.1) is 11.8 Å². The summed E-state index contributed by atoms with van der Waals surface area (Å²) in [5, 5.41) is 3.95. The monoisotopic (exact) mass is 690 g/mol. The molecule has 11 nitrogen and oxygen atoms in total. The standard InChI is InChI=1S/C37H46N4O7S/c1-5-25-21-37(25,35(45)40-49(46,47)28-14-15-28)39-32(43)31-20-27-22-41(31)34(44)30(36(2,3)4)19-26(42)11-9-7-6-8-10-23-12-13-24-16-17-38-33(48-27)29(24)18-23/h5,8,10,12-13,16-18,25,27-28,30-31H,1,6-7,9,11,14-15,19-22H2,2-4H3,(H,39,43)(H,40,45)/b10-8+/t25-,27-,30-,31+,37-/m1/s1. The van der Waals surface area contributed by atoms with E-state index in [-0.39, 0.29) is 37.5 Å². The Morgan fingerprint density at radius 1 is 1.14 bits per heavy atom. The quantitative estimate of drug-likeness (QED) is 0.422. The molecule has 1 saturated heterocycles. The number of amides is 3. The van der Waals surface area contributed by atoms with Gasteiger partial charge in [-0.25, -0.2) is 13.4 Å². The molecule has 3 amide bonds. The van der Waals surface area contributed by atoms with Crippen LogP contribution in [0.5, 0.6) is 5.88 Å². The summed E-state index contributed by atoms with van der Waals surface area (Å²) in [6.45, 7) is 9.58. The van der Waals surface area contributed by atoms with Gasteiger partial charge in [0.2, 0.25) is 27.7 Å². The van der Waals surface area contributed by atoms with Crippen molar-refractivity contribution in [3.63, 3.8) is 0 Å². The van der Waals surface area contributed by atoms with E-state index in [1.165, 1.54) is 11.0 Å². The predicted octanol–water partition coefficient (Wildman–Crippen LogP) is 4.46. The van der Waals surface area contributed by atoms with Crippen LogP contribution in [0.4, 0.5) is 0 Å². The minimum absolute atomic E-state index is 0.00532. The van der Waals surface area contributed by atoms with Gasteiger partial charge in [-0.1, -0.05) is 51.1 Å². The second-order valence-corrected chi connectivity index (χ2v) is 17.0. The van der Waals surface area contributed by atoms with Gasteiger partial charge in [0.15, 0.2) is 0 Å². The Labute approximate surface area is 288 Å². The number of sulfonamides is 1. The average molecular weight is 691 g/mol. The van der Waals surface area contributed by atoms with Crippen molar-refractivity contribution in [1.29, 1.82) is 0 Å². The van der Waals surface area contributed by atoms with E-state index < -0.39 is 62.0 Å². The maximum absolute atomic E-state index is 14.5. The third-order valence-electron chi connectivity index (χ3n) is 10.3. The molecule has 0 radical (unpaired) electrons. The zero-order valence-corrected chi connectivity index (χ0v) is 29.3. The van der Waals surface area contributed by atoms with E-state index in [2.05, 4.69) is 27.7 Å². The normalized spacial score (nSPS) is 28.7. The summed E-state index contributed by atoms with van der Waals surface area (Å²) < 4.78 is 34.0. The smallest absolute Gasteiger partial charge is 0.259 e. The van der Waals surface area contributed by atoms with Gasteiger partial charge in [-0.2, -0.15) is 0 Å². The summed E-state index contributed by atoms with van der Waals surface area (Å²) in [5.74, 6) is -2.54. The molecule has 3 fully saturated rings. The van der Waals surface area contributed by atoms with Crippen LogP contribution in [0.25, 0.3) is 16.8 Å². The Morgan fingerprint density at radius 3 is 2.61 bits per heavy atom. The number of carbonyl (C=O) groups excluding carboxylic acids is 4. The highest BCUT2D eigenvalue weighted by atomic mass is 32.2. The summed E-state index contributed by atoms with van der Waals surface area (Å²) in [6, 6.07) is 6.87. The predicted molar refractivity (Wildman–Crippen MR) is 186 cm³/mol. The Morgan fingerprint density at radius 2 is 1.92 bits per heavy atom. The van der Waals surface area contributed by atoms with Gasteiger partial charge in [-0.15, -0.1) is 6.58 Å². The van der Waals surface area contributed by atoms with Crippen molar-refractivity contribution in [2.45, 2.75) is 101 Å². The SMILES string of the molecule is C=C[C@@H]1C[C@]1(NC(=O)[C@@H]1C[C@@H]2CN1C(=O)[C@H](C(C)(C)C)CC(=O)CCCC/C=C/c1ccc3ccnc(c3c1)O2)C(=O)NS(=O)(=O)C1CC1. The Hall–Kier alpha value is -4.06. The molecule has 2 aliphatic carbocycles. The molecule has 1 aromatic carbocycles. The van der Waals surface area contributed by atoms with E-state index >= 15 is 0 Å². The molecular weight excluding hydrogens is 644 g/mol. The van der Waals surface area contributed by atoms with Crippen LogP contribution in [-0.2, 0) is 29.2 Å². The zero-order valence-electron chi connectivity index (χ0n) is 28.4. The second-order valence-electron chi connectivity index (χ2n) is 15.1. The van der Waals surface area contributed by atoms with Gasteiger partial charge < -0.3 is 15.0 Å². The summed E-state index contributed by atoms with van der Waals surface area (Å²) in [5.41, 5.74) is -1.11. The van der Waals surface area contributed by atoms with Crippen LogP contribution in [0.15, 0.2) is 49.2 Å². The number of carbonyl (C=O) groups is 4. The van der Waals surface area contributed by atoms with E-state index in [0.29, 0.717) is 31.6 Å². The molecule has 4 aliphatic rings. The van der Waals surface area contributed by atoms with Crippen molar-refractivity contribution < 1.29 is 32.3 Å². The van der Waals surface area contributed by atoms with E-state index in [1.54, 1.807) is 6.20 Å². The van der Waals surface area contributed by atoms with Crippen LogP contribution in [0, 0.1) is 17.3 Å². The number of benzene rings is 1. The first-order chi connectivity index (χ1) is 23.2. The summed E-state index contributed by atoms with van der Waals surface area (Å²) >= 11 is 0. The molecule has 12 heteroatoms. The van der Waals surface area contributed by atoms with Crippen molar-refractivity contribution in [2.24, 2.45) is 17.3 Å². The Kier molecular flexibility index (Phi) is 9.47. The minimum atomic E-state index is -3.86.